The Morgan fingerprint density at radius 3 is 2.29 bits per heavy atom. The fourth-order valence-corrected chi connectivity index (χ4v) is 6.33. The number of amides is 1. The van der Waals surface area contributed by atoms with E-state index in [0.29, 0.717) is 17.1 Å². The third-order valence-corrected chi connectivity index (χ3v) is 8.34. The van der Waals surface area contributed by atoms with Gasteiger partial charge in [-0.15, -0.1) is 0 Å². The Labute approximate surface area is 179 Å². The van der Waals surface area contributed by atoms with Gasteiger partial charge in [0.05, 0.1) is 23.4 Å². The number of benzene rings is 1. The molecule has 1 N–H and O–H groups in total. The molecule has 1 saturated heterocycles. The van der Waals surface area contributed by atoms with Crippen molar-refractivity contribution in [2.24, 2.45) is 0 Å². The number of sulfone groups is 1. The van der Waals surface area contributed by atoms with Gasteiger partial charge in [0.2, 0.25) is 0 Å². The average Bonchev–Trinajstić information content (AvgIpc) is 2.77. The quantitative estimate of drug-likeness (QED) is 0.776. The number of nitrogens with one attached hydrogen (secondary N) is 1. The second kappa shape index (κ2) is 7.55. The molecule has 0 spiro atoms. The van der Waals surface area contributed by atoms with Crippen molar-refractivity contribution in [2.75, 3.05) is 29.9 Å². The Bertz CT molecular complexity index is 1150. The van der Waals surface area contributed by atoms with Gasteiger partial charge in [0.25, 0.3) is 5.91 Å². The maximum Gasteiger partial charge on any atom is 0.272 e. The van der Waals surface area contributed by atoms with Gasteiger partial charge in [0.1, 0.15) is 5.69 Å². The third-order valence-electron chi connectivity index (χ3n) is 6.73. The van der Waals surface area contributed by atoms with E-state index in [1.807, 2.05) is 0 Å². The van der Waals surface area contributed by atoms with Gasteiger partial charge < -0.3 is 10.2 Å². The van der Waals surface area contributed by atoms with Crippen LogP contribution in [-0.2, 0) is 9.84 Å². The van der Waals surface area contributed by atoms with Crippen LogP contribution in [0.4, 0.5) is 20.2 Å². The first-order valence-electron chi connectivity index (χ1n) is 10.6. The zero-order chi connectivity index (χ0) is 21.8. The van der Waals surface area contributed by atoms with Crippen molar-refractivity contribution < 1.29 is 22.0 Å². The normalized spacial score (nSPS) is 24.0. The number of hydrogen-bond donors (Lipinski definition) is 1. The topological polar surface area (TPSA) is 79.4 Å². The Balaban J connectivity index is 1.52. The van der Waals surface area contributed by atoms with Crippen LogP contribution in [-0.4, -0.2) is 48.8 Å². The van der Waals surface area contributed by atoms with Crippen LogP contribution in [0, 0.1) is 11.6 Å². The lowest BCUT2D eigenvalue weighted by atomic mass is 9.66. The van der Waals surface area contributed by atoms with Crippen molar-refractivity contribution in [3.8, 4) is 0 Å². The van der Waals surface area contributed by atoms with Crippen molar-refractivity contribution in [1.29, 1.82) is 0 Å². The van der Waals surface area contributed by atoms with Crippen LogP contribution in [0.15, 0.2) is 24.4 Å². The lowest BCUT2D eigenvalue weighted by Gasteiger charge is -2.40. The predicted molar refractivity (Wildman–Crippen MR) is 112 cm³/mol. The van der Waals surface area contributed by atoms with Crippen LogP contribution in [0.5, 0.6) is 0 Å². The lowest BCUT2D eigenvalue weighted by molar-refractivity contribution is 0.0761. The van der Waals surface area contributed by atoms with E-state index < -0.39 is 21.5 Å². The number of anilines is 2. The zero-order valence-electron chi connectivity index (χ0n) is 16.9. The molecule has 31 heavy (non-hydrogen) atoms. The van der Waals surface area contributed by atoms with E-state index in [9.17, 15) is 22.0 Å². The number of nitrogens with zero attached hydrogens (tertiary/aromatic N) is 2. The molecular weight excluding hydrogens is 424 g/mol. The molecule has 1 aromatic heterocycles. The number of fused-ring (bicyclic) bond motifs is 2. The summed E-state index contributed by atoms with van der Waals surface area (Å²) in [6.45, 7) is 0.362. The summed E-state index contributed by atoms with van der Waals surface area (Å²) < 4.78 is 50.5. The second-order valence-electron chi connectivity index (χ2n) is 8.59. The monoisotopic (exact) mass is 447 g/mol. The highest BCUT2D eigenvalue weighted by Crippen LogP contribution is 2.53. The molecule has 6 nitrogen and oxygen atoms in total. The summed E-state index contributed by atoms with van der Waals surface area (Å²) in [5.41, 5.74) is 3.51. The van der Waals surface area contributed by atoms with Gasteiger partial charge in [0, 0.05) is 24.8 Å². The molecule has 4 aliphatic rings. The molecule has 1 aromatic carbocycles. The molecule has 2 heterocycles. The number of aromatic nitrogens is 1. The van der Waals surface area contributed by atoms with Gasteiger partial charge in [-0.05, 0) is 60.8 Å². The van der Waals surface area contributed by atoms with E-state index >= 15 is 0 Å². The molecule has 2 bridgehead atoms. The van der Waals surface area contributed by atoms with Crippen molar-refractivity contribution in [3.63, 3.8) is 0 Å². The summed E-state index contributed by atoms with van der Waals surface area (Å²) >= 11 is 0. The molecule has 0 radical (unpaired) electrons. The molecular formula is C22H23F2N3O3S. The molecule has 2 fully saturated rings. The van der Waals surface area contributed by atoms with Crippen molar-refractivity contribution in [1.82, 2.24) is 9.88 Å². The van der Waals surface area contributed by atoms with Crippen molar-refractivity contribution in [2.45, 2.75) is 37.5 Å². The summed E-state index contributed by atoms with van der Waals surface area (Å²) in [6.07, 6.45) is 5.60. The van der Waals surface area contributed by atoms with E-state index in [-0.39, 0.29) is 42.3 Å². The molecule has 6 rings (SSSR count). The first-order chi connectivity index (χ1) is 14.8. The smallest absolute Gasteiger partial charge is 0.272 e. The second-order valence-corrected chi connectivity index (χ2v) is 10.9. The maximum absolute atomic E-state index is 13.7. The molecule has 0 atom stereocenters. The Morgan fingerprint density at radius 2 is 1.65 bits per heavy atom. The number of halogens is 2. The molecule has 3 aliphatic carbocycles. The highest BCUT2D eigenvalue weighted by atomic mass is 32.2. The predicted octanol–water partition coefficient (Wildman–Crippen LogP) is 3.73. The Hall–Kier alpha value is -2.55. The van der Waals surface area contributed by atoms with Crippen molar-refractivity contribution in [3.05, 3.63) is 52.9 Å². The molecule has 0 unspecified atom stereocenters. The summed E-state index contributed by atoms with van der Waals surface area (Å²) in [6, 6.07) is 3.65. The molecule has 164 valence electrons. The highest BCUT2D eigenvalue weighted by Gasteiger charge is 2.39. The highest BCUT2D eigenvalue weighted by molar-refractivity contribution is 7.91. The number of hydrogen-bond acceptors (Lipinski definition) is 5. The summed E-state index contributed by atoms with van der Waals surface area (Å²) in [7, 11) is -3.09. The number of pyridine rings is 1. The number of carbonyl (C=O) groups excluding carboxylic acids is 1. The minimum Gasteiger partial charge on any atom is -0.354 e. The minimum absolute atomic E-state index is 0.0250. The van der Waals surface area contributed by atoms with Gasteiger partial charge in [-0.25, -0.2) is 22.2 Å². The standard InChI is InChI=1S/C22H23F2N3O3S/c23-16-6-5-15(11-17(16)24)26-18-12-25-21(20-14-3-1-13(2-4-14)19(18)20)22(28)27-7-9-31(29,30)10-8-27/h5-6,11-14,26H,1-4,7-10H2. The van der Waals surface area contributed by atoms with E-state index in [2.05, 4.69) is 10.3 Å². The lowest BCUT2D eigenvalue weighted by Crippen LogP contribution is -2.44. The van der Waals surface area contributed by atoms with Gasteiger partial charge in [-0.2, -0.15) is 0 Å². The minimum atomic E-state index is -3.09. The first-order valence-corrected chi connectivity index (χ1v) is 12.4. The summed E-state index contributed by atoms with van der Waals surface area (Å²) in [4.78, 5) is 19.3. The van der Waals surface area contributed by atoms with Crippen LogP contribution < -0.4 is 5.32 Å². The fourth-order valence-electron chi connectivity index (χ4n) is 5.13. The van der Waals surface area contributed by atoms with Gasteiger partial charge >= 0.3 is 0 Å². The van der Waals surface area contributed by atoms with E-state index in [1.54, 1.807) is 11.1 Å². The van der Waals surface area contributed by atoms with Crippen LogP contribution in [0.25, 0.3) is 0 Å². The van der Waals surface area contributed by atoms with Gasteiger partial charge in [0.15, 0.2) is 21.5 Å². The zero-order valence-corrected chi connectivity index (χ0v) is 17.7. The fraction of sp³-hybridized carbons (Fsp3) is 0.455. The molecule has 1 amide bonds. The molecule has 1 saturated carbocycles. The Kier molecular flexibility index (Phi) is 4.96. The third kappa shape index (κ3) is 3.69. The molecule has 9 heteroatoms. The number of rotatable bonds is 3. The summed E-state index contributed by atoms with van der Waals surface area (Å²) in [5, 5.41) is 3.17. The van der Waals surface area contributed by atoms with E-state index in [1.165, 1.54) is 6.07 Å². The van der Waals surface area contributed by atoms with Gasteiger partial charge in [-0.1, -0.05) is 0 Å². The summed E-state index contributed by atoms with van der Waals surface area (Å²) in [5.74, 6) is -1.60. The first kappa shape index (κ1) is 20.4. The average molecular weight is 448 g/mol. The number of carbonyl (C=O) groups is 1. The van der Waals surface area contributed by atoms with Crippen LogP contribution in [0.1, 0.15) is 59.1 Å². The maximum atomic E-state index is 13.7. The largest absolute Gasteiger partial charge is 0.354 e. The molecule has 1 aliphatic heterocycles. The van der Waals surface area contributed by atoms with Crippen LogP contribution in [0.2, 0.25) is 0 Å². The van der Waals surface area contributed by atoms with Crippen molar-refractivity contribution >= 4 is 27.1 Å². The van der Waals surface area contributed by atoms with Gasteiger partial charge in [-0.3, -0.25) is 4.79 Å². The van der Waals surface area contributed by atoms with Crippen LogP contribution in [0.3, 0.4) is 0 Å². The molecule has 2 aromatic rings. The SMILES string of the molecule is O=C(c1ncc(Nc2ccc(F)c(F)c2)c2c1C1CCC2CC1)N1CCS(=O)(=O)CC1. The van der Waals surface area contributed by atoms with E-state index in [4.69, 9.17) is 0 Å². The Morgan fingerprint density at radius 1 is 1.00 bits per heavy atom. The van der Waals surface area contributed by atoms with Crippen LogP contribution >= 0.6 is 0 Å². The van der Waals surface area contributed by atoms with E-state index in [0.717, 1.165) is 48.9 Å².